The highest BCUT2D eigenvalue weighted by Gasteiger charge is 2.30. The number of benzene rings is 1. The number of nitrogens with zero attached hydrogens (tertiary/aromatic N) is 1. The summed E-state index contributed by atoms with van der Waals surface area (Å²) in [7, 11) is 2.03. The summed E-state index contributed by atoms with van der Waals surface area (Å²) in [4.78, 5) is 14.3. The zero-order chi connectivity index (χ0) is 14.7. The fourth-order valence-electron chi connectivity index (χ4n) is 2.49. The molecule has 0 spiro atoms. The summed E-state index contributed by atoms with van der Waals surface area (Å²) in [6, 6.07) is 8.62. The standard InChI is InChI=1S/C17H26N2O/c1-12(2)15-6-5-7-16(10-15)18-17(20)11-19(4)13(3)14-8-9-14/h5-7,10,12-14H,8-9,11H2,1-4H3,(H,18,20). The van der Waals surface area contributed by atoms with Crippen LogP contribution in [0.4, 0.5) is 5.69 Å². The first-order chi connectivity index (χ1) is 9.47. The highest BCUT2D eigenvalue weighted by molar-refractivity contribution is 5.92. The van der Waals surface area contributed by atoms with Crippen LogP contribution < -0.4 is 5.32 Å². The van der Waals surface area contributed by atoms with Gasteiger partial charge in [0.05, 0.1) is 6.54 Å². The van der Waals surface area contributed by atoms with Gasteiger partial charge in [-0.2, -0.15) is 0 Å². The fourth-order valence-corrected chi connectivity index (χ4v) is 2.49. The van der Waals surface area contributed by atoms with Crippen LogP contribution in [-0.2, 0) is 4.79 Å². The molecule has 1 N–H and O–H groups in total. The molecule has 0 bridgehead atoms. The van der Waals surface area contributed by atoms with E-state index in [1.807, 2.05) is 19.2 Å². The van der Waals surface area contributed by atoms with Crippen molar-refractivity contribution < 1.29 is 4.79 Å². The Balaban J connectivity index is 1.88. The molecule has 0 aromatic heterocycles. The van der Waals surface area contributed by atoms with E-state index in [4.69, 9.17) is 0 Å². The first-order valence-electron chi connectivity index (χ1n) is 7.57. The van der Waals surface area contributed by atoms with Gasteiger partial charge in [0.15, 0.2) is 0 Å². The van der Waals surface area contributed by atoms with Gasteiger partial charge in [0, 0.05) is 11.7 Å². The summed E-state index contributed by atoms with van der Waals surface area (Å²) in [5.74, 6) is 1.34. The minimum Gasteiger partial charge on any atom is -0.325 e. The molecule has 0 radical (unpaired) electrons. The predicted molar refractivity (Wildman–Crippen MR) is 84.0 cm³/mol. The molecular formula is C17H26N2O. The molecule has 1 saturated carbocycles. The molecule has 3 heteroatoms. The molecule has 0 saturated heterocycles. The molecule has 1 aromatic rings. The Kier molecular flexibility index (Phi) is 4.81. The van der Waals surface area contributed by atoms with E-state index in [1.54, 1.807) is 0 Å². The topological polar surface area (TPSA) is 32.3 Å². The average molecular weight is 274 g/mol. The summed E-state index contributed by atoms with van der Waals surface area (Å²) in [5.41, 5.74) is 2.15. The molecule has 3 nitrogen and oxygen atoms in total. The SMILES string of the molecule is CC(C)c1cccc(NC(=O)CN(C)C(C)C2CC2)c1. The van der Waals surface area contributed by atoms with Crippen LogP contribution in [0.1, 0.15) is 45.1 Å². The van der Waals surface area contributed by atoms with Crippen molar-refractivity contribution in [3.05, 3.63) is 29.8 Å². The number of nitrogens with one attached hydrogen (secondary N) is 1. The van der Waals surface area contributed by atoms with Gasteiger partial charge in [0.1, 0.15) is 0 Å². The number of carbonyl (C=O) groups excluding carboxylic acids is 1. The molecular weight excluding hydrogens is 248 g/mol. The molecule has 0 heterocycles. The van der Waals surface area contributed by atoms with Crippen LogP contribution in [0.3, 0.4) is 0 Å². The van der Waals surface area contributed by atoms with Gasteiger partial charge in [-0.1, -0.05) is 26.0 Å². The Morgan fingerprint density at radius 3 is 2.65 bits per heavy atom. The highest BCUT2D eigenvalue weighted by Crippen LogP contribution is 2.34. The molecule has 2 rings (SSSR count). The summed E-state index contributed by atoms with van der Waals surface area (Å²) in [6.07, 6.45) is 2.62. The number of amides is 1. The maximum Gasteiger partial charge on any atom is 0.238 e. The van der Waals surface area contributed by atoms with Crippen molar-refractivity contribution in [1.82, 2.24) is 4.90 Å². The van der Waals surface area contributed by atoms with E-state index in [9.17, 15) is 4.79 Å². The van der Waals surface area contributed by atoms with Gasteiger partial charge in [-0.3, -0.25) is 9.69 Å². The third-order valence-electron chi connectivity index (χ3n) is 4.23. The number of rotatable bonds is 6. The third kappa shape index (κ3) is 4.07. The Hall–Kier alpha value is -1.35. The van der Waals surface area contributed by atoms with E-state index in [0.717, 1.165) is 11.6 Å². The maximum atomic E-state index is 12.1. The first-order valence-corrected chi connectivity index (χ1v) is 7.57. The van der Waals surface area contributed by atoms with E-state index in [-0.39, 0.29) is 5.91 Å². The van der Waals surface area contributed by atoms with E-state index < -0.39 is 0 Å². The van der Waals surface area contributed by atoms with Crippen molar-refractivity contribution in [3.63, 3.8) is 0 Å². The number of likely N-dealkylation sites (N-methyl/N-ethyl adjacent to an activating group) is 1. The van der Waals surface area contributed by atoms with E-state index in [1.165, 1.54) is 18.4 Å². The van der Waals surface area contributed by atoms with Crippen LogP contribution >= 0.6 is 0 Å². The van der Waals surface area contributed by atoms with Crippen LogP contribution in [0.15, 0.2) is 24.3 Å². The van der Waals surface area contributed by atoms with Gasteiger partial charge in [0.2, 0.25) is 5.91 Å². The molecule has 1 aliphatic rings. The Morgan fingerprint density at radius 2 is 2.05 bits per heavy atom. The molecule has 1 fully saturated rings. The quantitative estimate of drug-likeness (QED) is 0.861. The molecule has 1 aromatic carbocycles. The monoisotopic (exact) mass is 274 g/mol. The summed E-state index contributed by atoms with van der Waals surface area (Å²) in [5, 5.41) is 3.00. The van der Waals surface area contributed by atoms with Crippen molar-refractivity contribution in [2.45, 2.75) is 45.6 Å². The summed E-state index contributed by atoms with van der Waals surface area (Å²) < 4.78 is 0. The molecule has 1 amide bonds. The van der Waals surface area contributed by atoms with E-state index in [0.29, 0.717) is 18.5 Å². The third-order valence-corrected chi connectivity index (χ3v) is 4.23. The molecule has 1 aliphatic carbocycles. The van der Waals surface area contributed by atoms with Gasteiger partial charge in [-0.15, -0.1) is 0 Å². The van der Waals surface area contributed by atoms with E-state index in [2.05, 4.69) is 43.1 Å². The van der Waals surface area contributed by atoms with Crippen molar-refractivity contribution in [3.8, 4) is 0 Å². The lowest BCUT2D eigenvalue weighted by molar-refractivity contribution is -0.117. The van der Waals surface area contributed by atoms with Crippen molar-refractivity contribution >= 4 is 11.6 Å². The second-order valence-corrected chi connectivity index (χ2v) is 6.32. The fraction of sp³-hybridized carbons (Fsp3) is 0.588. The molecule has 0 aliphatic heterocycles. The second kappa shape index (κ2) is 6.40. The number of hydrogen-bond acceptors (Lipinski definition) is 2. The van der Waals surface area contributed by atoms with Crippen molar-refractivity contribution in [1.29, 1.82) is 0 Å². The van der Waals surface area contributed by atoms with Crippen molar-refractivity contribution in [2.24, 2.45) is 5.92 Å². The Bertz CT molecular complexity index is 466. The zero-order valence-corrected chi connectivity index (χ0v) is 13.0. The zero-order valence-electron chi connectivity index (χ0n) is 13.0. The van der Waals surface area contributed by atoms with Crippen LogP contribution in [-0.4, -0.2) is 30.4 Å². The van der Waals surface area contributed by atoms with Crippen LogP contribution in [0.2, 0.25) is 0 Å². The Labute approximate surface area is 122 Å². The number of carbonyl (C=O) groups is 1. The van der Waals surface area contributed by atoms with Gasteiger partial charge in [-0.25, -0.2) is 0 Å². The van der Waals surface area contributed by atoms with Crippen LogP contribution in [0.5, 0.6) is 0 Å². The smallest absolute Gasteiger partial charge is 0.238 e. The van der Waals surface area contributed by atoms with Crippen LogP contribution in [0.25, 0.3) is 0 Å². The lowest BCUT2D eigenvalue weighted by atomic mass is 10.0. The minimum absolute atomic E-state index is 0.0703. The van der Waals surface area contributed by atoms with Crippen LogP contribution in [0, 0.1) is 5.92 Å². The number of anilines is 1. The van der Waals surface area contributed by atoms with Gasteiger partial charge >= 0.3 is 0 Å². The first kappa shape index (κ1) is 15.0. The summed E-state index contributed by atoms with van der Waals surface area (Å²) >= 11 is 0. The van der Waals surface area contributed by atoms with E-state index >= 15 is 0 Å². The van der Waals surface area contributed by atoms with Gasteiger partial charge in [0.25, 0.3) is 0 Å². The molecule has 1 unspecified atom stereocenters. The lowest BCUT2D eigenvalue weighted by Gasteiger charge is -2.23. The molecule has 20 heavy (non-hydrogen) atoms. The lowest BCUT2D eigenvalue weighted by Crippen LogP contribution is -2.37. The number of hydrogen-bond donors (Lipinski definition) is 1. The maximum absolute atomic E-state index is 12.1. The minimum atomic E-state index is 0.0703. The normalized spacial score (nSPS) is 16.5. The average Bonchev–Trinajstić information content (AvgIpc) is 3.22. The molecule has 110 valence electrons. The Morgan fingerprint density at radius 1 is 1.35 bits per heavy atom. The highest BCUT2D eigenvalue weighted by atomic mass is 16.2. The van der Waals surface area contributed by atoms with Gasteiger partial charge < -0.3 is 5.32 Å². The molecule has 1 atom stereocenters. The van der Waals surface area contributed by atoms with Crippen molar-refractivity contribution in [2.75, 3.05) is 18.9 Å². The second-order valence-electron chi connectivity index (χ2n) is 6.32. The van der Waals surface area contributed by atoms with Gasteiger partial charge in [-0.05, 0) is 56.3 Å². The largest absolute Gasteiger partial charge is 0.325 e. The summed E-state index contributed by atoms with van der Waals surface area (Å²) in [6.45, 7) is 6.99. The predicted octanol–water partition coefficient (Wildman–Crippen LogP) is 3.48.